The minimum absolute atomic E-state index is 0.0203. The first-order chi connectivity index (χ1) is 11.7. The molecule has 1 aliphatic heterocycles. The number of carbonyl (C=O) groups excluding carboxylic acids is 1. The Kier molecular flexibility index (Phi) is 5.20. The van der Waals surface area contributed by atoms with Gasteiger partial charge in [-0.05, 0) is 30.3 Å². The lowest BCUT2D eigenvalue weighted by molar-refractivity contribution is -0.131. The Bertz CT molecular complexity index is 767. The van der Waals surface area contributed by atoms with Crippen LogP contribution in [-0.4, -0.2) is 52.3 Å². The third-order valence-electron chi connectivity index (χ3n) is 3.90. The summed E-state index contributed by atoms with van der Waals surface area (Å²) in [5, 5.41) is 4.34. The number of aromatic nitrogens is 2. The molecule has 1 aromatic carbocycles. The van der Waals surface area contributed by atoms with Gasteiger partial charge in [-0.25, -0.2) is 4.68 Å². The number of ether oxygens (including phenoxy) is 1. The molecule has 1 amide bonds. The van der Waals surface area contributed by atoms with Gasteiger partial charge >= 0.3 is 0 Å². The maximum Gasteiger partial charge on any atom is 0.267 e. The van der Waals surface area contributed by atoms with Crippen LogP contribution in [0.4, 0.5) is 0 Å². The molecule has 0 N–H and O–H groups in total. The highest BCUT2D eigenvalue weighted by molar-refractivity contribution is 7.99. The van der Waals surface area contributed by atoms with Crippen LogP contribution < -0.4 is 10.3 Å². The summed E-state index contributed by atoms with van der Waals surface area (Å²) in [4.78, 5) is 26.2. The number of methoxy groups -OCH3 is 1. The van der Waals surface area contributed by atoms with Crippen LogP contribution in [0.1, 0.15) is 0 Å². The molecule has 1 aliphatic rings. The Morgan fingerprint density at radius 2 is 1.88 bits per heavy atom. The van der Waals surface area contributed by atoms with Gasteiger partial charge in [0.2, 0.25) is 5.91 Å². The highest BCUT2D eigenvalue weighted by Gasteiger charge is 2.18. The molecule has 0 saturated carbocycles. The van der Waals surface area contributed by atoms with Gasteiger partial charge in [0.05, 0.1) is 12.8 Å². The van der Waals surface area contributed by atoms with Crippen molar-refractivity contribution in [1.29, 1.82) is 0 Å². The fourth-order valence-corrected chi connectivity index (χ4v) is 3.42. The third kappa shape index (κ3) is 3.79. The molecule has 7 heteroatoms. The second-order valence-electron chi connectivity index (χ2n) is 5.44. The predicted octanol–water partition coefficient (Wildman–Crippen LogP) is 1.49. The van der Waals surface area contributed by atoms with Crippen LogP contribution in [0, 0.1) is 0 Å². The summed E-state index contributed by atoms with van der Waals surface area (Å²) in [6.07, 6.45) is 0. The van der Waals surface area contributed by atoms with Crippen molar-refractivity contribution in [3.63, 3.8) is 0 Å². The lowest BCUT2D eigenvalue weighted by Gasteiger charge is -2.26. The molecule has 0 atom stereocenters. The van der Waals surface area contributed by atoms with E-state index in [1.54, 1.807) is 18.1 Å². The first-order valence-corrected chi connectivity index (χ1v) is 8.91. The summed E-state index contributed by atoms with van der Waals surface area (Å²) < 4.78 is 6.38. The van der Waals surface area contributed by atoms with Gasteiger partial charge in [0.15, 0.2) is 0 Å². The average molecular weight is 345 g/mol. The predicted molar refractivity (Wildman–Crippen MR) is 94.4 cm³/mol. The summed E-state index contributed by atoms with van der Waals surface area (Å²) in [5.41, 5.74) is 1.25. The molecule has 0 spiro atoms. The lowest BCUT2D eigenvalue weighted by Crippen LogP contribution is -2.41. The molecule has 0 bridgehead atoms. The Morgan fingerprint density at radius 1 is 1.17 bits per heavy atom. The SMILES string of the molecule is COc1ccc(-c2ccc(=O)n(CC(=O)N3CCSCC3)n2)cc1. The monoisotopic (exact) mass is 345 g/mol. The van der Waals surface area contributed by atoms with Gasteiger partial charge in [-0.15, -0.1) is 0 Å². The second-order valence-corrected chi connectivity index (χ2v) is 6.66. The van der Waals surface area contributed by atoms with Gasteiger partial charge < -0.3 is 9.64 Å². The van der Waals surface area contributed by atoms with Crippen molar-refractivity contribution in [2.24, 2.45) is 0 Å². The van der Waals surface area contributed by atoms with Crippen LogP contribution in [0.15, 0.2) is 41.2 Å². The van der Waals surface area contributed by atoms with Crippen molar-refractivity contribution >= 4 is 17.7 Å². The fourth-order valence-electron chi connectivity index (χ4n) is 2.52. The maximum atomic E-state index is 12.4. The molecule has 0 aliphatic carbocycles. The van der Waals surface area contributed by atoms with Crippen molar-refractivity contribution < 1.29 is 9.53 Å². The summed E-state index contributed by atoms with van der Waals surface area (Å²) in [6.45, 7) is 1.44. The zero-order valence-corrected chi connectivity index (χ0v) is 14.3. The summed E-state index contributed by atoms with van der Waals surface area (Å²) in [6, 6.07) is 10.5. The van der Waals surface area contributed by atoms with E-state index >= 15 is 0 Å². The largest absolute Gasteiger partial charge is 0.497 e. The third-order valence-corrected chi connectivity index (χ3v) is 4.84. The topological polar surface area (TPSA) is 64.4 Å². The lowest BCUT2D eigenvalue weighted by atomic mass is 10.1. The van der Waals surface area contributed by atoms with Gasteiger partial charge in [0.25, 0.3) is 5.56 Å². The minimum atomic E-state index is -0.271. The highest BCUT2D eigenvalue weighted by Crippen LogP contribution is 2.19. The van der Waals surface area contributed by atoms with Crippen LogP contribution >= 0.6 is 11.8 Å². The van der Waals surface area contributed by atoms with Crippen molar-refractivity contribution in [3.05, 3.63) is 46.8 Å². The number of amides is 1. The molecular formula is C17H19N3O3S. The van der Waals surface area contributed by atoms with Gasteiger partial charge in [0.1, 0.15) is 12.3 Å². The van der Waals surface area contributed by atoms with Gasteiger partial charge in [-0.3, -0.25) is 9.59 Å². The van der Waals surface area contributed by atoms with Crippen LogP contribution in [0.2, 0.25) is 0 Å². The molecule has 2 heterocycles. The molecule has 1 fully saturated rings. The van der Waals surface area contributed by atoms with Crippen molar-refractivity contribution in [3.8, 4) is 17.0 Å². The molecule has 24 heavy (non-hydrogen) atoms. The normalized spacial score (nSPS) is 14.5. The maximum absolute atomic E-state index is 12.4. The van der Waals surface area contributed by atoms with E-state index in [4.69, 9.17) is 4.74 Å². The molecule has 0 unspecified atom stereocenters. The van der Waals surface area contributed by atoms with E-state index in [9.17, 15) is 9.59 Å². The zero-order chi connectivity index (χ0) is 16.9. The highest BCUT2D eigenvalue weighted by atomic mass is 32.2. The number of carbonyl (C=O) groups is 1. The van der Waals surface area contributed by atoms with E-state index in [1.807, 2.05) is 36.0 Å². The molecular weight excluding hydrogens is 326 g/mol. The van der Waals surface area contributed by atoms with E-state index in [0.717, 1.165) is 35.9 Å². The van der Waals surface area contributed by atoms with Gasteiger partial charge in [-0.2, -0.15) is 16.9 Å². The van der Waals surface area contributed by atoms with Crippen molar-refractivity contribution in [2.45, 2.75) is 6.54 Å². The van der Waals surface area contributed by atoms with E-state index in [0.29, 0.717) is 5.69 Å². The molecule has 3 rings (SSSR count). The quantitative estimate of drug-likeness (QED) is 0.840. The van der Waals surface area contributed by atoms with Gasteiger partial charge in [-0.1, -0.05) is 0 Å². The second kappa shape index (κ2) is 7.53. The molecule has 0 radical (unpaired) electrons. The van der Waals surface area contributed by atoms with Crippen LogP contribution in [0.25, 0.3) is 11.3 Å². The number of thioether (sulfide) groups is 1. The summed E-state index contributed by atoms with van der Waals surface area (Å²) in [7, 11) is 1.61. The number of rotatable bonds is 4. The zero-order valence-electron chi connectivity index (χ0n) is 13.5. The van der Waals surface area contributed by atoms with E-state index in [-0.39, 0.29) is 18.0 Å². The van der Waals surface area contributed by atoms with Crippen LogP contribution in [0.5, 0.6) is 5.75 Å². The van der Waals surface area contributed by atoms with E-state index in [1.165, 1.54) is 10.7 Å². The Balaban J connectivity index is 1.80. The number of nitrogens with zero attached hydrogens (tertiary/aromatic N) is 3. The van der Waals surface area contributed by atoms with E-state index < -0.39 is 0 Å². The molecule has 2 aromatic rings. The smallest absolute Gasteiger partial charge is 0.267 e. The molecule has 1 saturated heterocycles. The van der Waals surface area contributed by atoms with Crippen molar-refractivity contribution in [1.82, 2.24) is 14.7 Å². The fraction of sp³-hybridized carbons (Fsp3) is 0.353. The number of benzene rings is 1. The average Bonchev–Trinajstić information content (AvgIpc) is 2.64. The first-order valence-electron chi connectivity index (χ1n) is 7.75. The Hall–Kier alpha value is -2.28. The van der Waals surface area contributed by atoms with E-state index in [2.05, 4.69) is 5.10 Å². The number of hydrogen-bond acceptors (Lipinski definition) is 5. The summed E-state index contributed by atoms with van der Waals surface area (Å²) >= 11 is 1.84. The van der Waals surface area contributed by atoms with Crippen molar-refractivity contribution in [2.75, 3.05) is 31.7 Å². The summed E-state index contributed by atoms with van der Waals surface area (Å²) in [5.74, 6) is 2.59. The van der Waals surface area contributed by atoms with Crippen LogP contribution in [-0.2, 0) is 11.3 Å². The molecule has 6 nitrogen and oxygen atoms in total. The first kappa shape index (κ1) is 16.6. The molecule has 1 aromatic heterocycles. The molecule has 126 valence electrons. The minimum Gasteiger partial charge on any atom is -0.497 e. The van der Waals surface area contributed by atoms with Crippen LogP contribution in [0.3, 0.4) is 0 Å². The standard InChI is InChI=1S/C17H19N3O3S/c1-23-14-4-2-13(3-5-14)15-6-7-16(21)20(18-15)12-17(22)19-8-10-24-11-9-19/h2-7H,8-12H2,1H3. The Morgan fingerprint density at radius 3 is 2.54 bits per heavy atom. The Labute approximate surface area is 144 Å². The number of hydrogen-bond donors (Lipinski definition) is 0. The van der Waals surface area contributed by atoms with Gasteiger partial charge in [0, 0.05) is 36.2 Å².